The van der Waals surface area contributed by atoms with E-state index in [1.165, 1.54) is 7.11 Å². The Kier molecular flexibility index (Phi) is 4.84. The molecule has 19 heavy (non-hydrogen) atoms. The van der Waals surface area contributed by atoms with Crippen LogP contribution in [0.15, 0.2) is 29.2 Å². The zero-order chi connectivity index (χ0) is 14.7. The molecule has 0 saturated heterocycles. The number of hydrogen-bond donors (Lipinski definition) is 0. The van der Waals surface area contributed by atoms with Crippen LogP contribution in [0.2, 0.25) is 0 Å². The van der Waals surface area contributed by atoms with Crippen molar-refractivity contribution >= 4 is 22.9 Å². The molecule has 9 heteroatoms. The van der Waals surface area contributed by atoms with Gasteiger partial charge in [0.05, 0.1) is 9.82 Å². The number of rotatable bonds is 6. The highest BCUT2D eigenvalue weighted by atomic mass is 32.2. The highest BCUT2D eigenvalue weighted by Crippen LogP contribution is 2.47. The van der Waals surface area contributed by atoms with Gasteiger partial charge in [-0.25, -0.2) is 8.42 Å². The average Bonchev–Trinajstić information content (AvgIpc) is 2.38. The zero-order valence-electron chi connectivity index (χ0n) is 10.5. The topological polar surface area (TPSA) is 104 Å². The molecule has 0 aliphatic rings. The molecule has 7 nitrogen and oxygen atoms in total. The standard InChI is InChI=1S/C10H14NO6PS/c1-3-18(14,17-2)8-19(15,16)10-6-4-9(5-7-10)11(12)13/h4-7H,3,8H2,1-2H3. The second-order valence-corrected chi connectivity index (χ2v) is 9.17. The minimum atomic E-state index is -3.80. The summed E-state index contributed by atoms with van der Waals surface area (Å²) in [5.41, 5.74) is -0.811. The first-order valence-electron chi connectivity index (χ1n) is 5.35. The van der Waals surface area contributed by atoms with E-state index < -0.39 is 27.6 Å². The third-order valence-electron chi connectivity index (χ3n) is 2.59. The van der Waals surface area contributed by atoms with Gasteiger partial charge < -0.3 is 4.52 Å². The van der Waals surface area contributed by atoms with Gasteiger partial charge >= 0.3 is 0 Å². The number of nitro benzene ring substituents is 1. The lowest BCUT2D eigenvalue weighted by molar-refractivity contribution is -0.384. The second-order valence-electron chi connectivity index (χ2n) is 3.81. The summed E-state index contributed by atoms with van der Waals surface area (Å²) in [6, 6.07) is 4.44. The summed E-state index contributed by atoms with van der Waals surface area (Å²) in [6.07, 6.45) is 0.107. The number of hydrogen-bond acceptors (Lipinski definition) is 6. The van der Waals surface area contributed by atoms with E-state index >= 15 is 0 Å². The maximum atomic E-state index is 12.0. The lowest BCUT2D eigenvalue weighted by Gasteiger charge is -2.14. The number of benzene rings is 1. The van der Waals surface area contributed by atoms with Gasteiger partial charge in [0.1, 0.15) is 5.49 Å². The molecule has 106 valence electrons. The van der Waals surface area contributed by atoms with E-state index in [1.807, 2.05) is 0 Å². The summed E-state index contributed by atoms with van der Waals surface area (Å²) in [5.74, 6) is 0. The summed E-state index contributed by atoms with van der Waals surface area (Å²) in [5, 5.41) is 10.5. The highest BCUT2D eigenvalue weighted by Gasteiger charge is 2.29. The summed E-state index contributed by atoms with van der Waals surface area (Å²) in [6.45, 7) is 1.58. The third kappa shape index (κ3) is 3.86. The summed E-state index contributed by atoms with van der Waals surface area (Å²) in [7, 11) is -5.81. The van der Waals surface area contributed by atoms with Gasteiger partial charge in [-0.2, -0.15) is 0 Å². The molecule has 0 fully saturated rings. The molecule has 0 aromatic heterocycles. The molecule has 0 radical (unpaired) electrons. The predicted molar refractivity (Wildman–Crippen MR) is 70.3 cm³/mol. The summed E-state index contributed by atoms with van der Waals surface area (Å²) in [4.78, 5) is 9.74. The number of nitro groups is 1. The van der Waals surface area contributed by atoms with Crippen LogP contribution in [0.25, 0.3) is 0 Å². The quantitative estimate of drug-likeness (QED) is 0.453. The van der Waals surface area contributed by atoms with Crippen LogP contribution < -0.4 is 0 Å². The van der Waals surface area contributed by atoms with Gasteiger partial charge in [-0.3, -0.25) is 14.7 Å². The SMILES string of the molecule is CCP(=O)(CS(=O)(=O)c1ccc([N+](=O)[O-])cc1)OC. The fraction of sp³-hybridized carbons (Fsp3) is 0.400. The van der Waals surface area contributed by atoms with E-state index in [4.69, 9.17) is 4.52 Å². The Hall–Kier alpha value is -1.24. The van der Waals surface area contributed by atoms with Gasteiger partial charge in [-0.05, 0) is 12.1 Å². The van der Waals surface area contributed by atoms with E-state index in [2.05, 4.69) is 0 Å². The fourth-order valence-electron chi connectivity index (χ4n) is 1.38. The first-order chi connectivity index (χ1) is 8.74. The zero-order valence-corrected chi connectivity index (χ0v) is 12.2. The fourth-order valence-corrected chi connectivity index (χ4v) is 6.01. The van der Waals surface area contributed by atoms with Gasteiger partial charge in [0.15, 0.2) is 9.84 Å². The molecule has 0 N–H and O–H groups in total. The molecule has 1 rings (SSSR count). The molecule has 0 spiro atoms. The van der Waals surface area contributed by atoms with Gasteiger partial charge in [-0.15, -0.1) is 0 Å². The van der Waals surface area contributed by atoms with Crippen LogP contribution in [0.5, 0.6) is 0 Å². The lowest BCUT2D eigenvalue weighted by atomic mass is 10.3. The van der Waals surface area contributed by atoms with Crippen LogP contribution in [-0.4, -0.2) is 32.1 Å². The van der Waals surface area contributed by atoms with E-state index in [9.17, 15) is 23.1 Å². The smallest absolute Gasteiger partial charge is 0.269 e. The summed E-state index contributed by atoms with van der Waals surface area (Å²) >= 11 is 0. The molecule has 0 saturated carbocycles. The van der Waals surface area contributed by atoms with Crippen LogP contribution in [0, 0.1) is 10.1 Å². The van der Waals surface area contributed by atoms with Crippen molar-refractivity contribution < 1.29 is 22.4 Å². The largest absolute Gasteiger partial charge is 0.331 e. The van der Waals surface area contributed by atoms with E-state index in [0.717, 1.165) is 24.3 Å². The van der Waals surface area contributed by atoms with E-state index in [0.29, 0.717) is 0 Å². The molecule has 1 unspecified atom stereocenters. The molecule has 1 aromatic carbocycles. The number of non-ortho nitro benzene ring substituents is 1. The normalized spacial score (nSPS) is 14.8. The van der Waals surface area contributed by atoms with Crippen molar-refractivity contribution in [3.63, 3.8) is 0 Å². The average molecular weight is 307 g/mol. The van der Waals surface area contributed by atoms with Gasteiger partial charge in [0.2, 0.25) is 7.37 Å². The predicted octanol–water partition coefficient (Wildman–Crippen LogP) is 2.27. The van der Waals surface area contributed by atoms with Crippen molar-refractivity contribution in [3.8, 4) is 0 Å². The van der Waals surface area contributed by atoms with Crippen molar-refractivity contribution in [1.82, 2.24) is 0 Å². The Labute approximate surface area is 111 Å². The van der Waals surface area contributed by atoms with Crippen molar-refractivity contribution in [2.45, 2.75) is 11.8 Å². The van der Waals surface area contributed by atoms with Crippen LogP contribution in [0.4, 0.5) is 5.69 Å². The second kappa shape index (κ2) is 5.81. The molecular weight excluding hydrogens is 293 g/mol. The minimum absolute atomic E-state index is 0.107. The first-order valence-corrected chi connectivity index (χ1v) is 9.00. The maximum absolute atomic E-state index is 12.0. The van der Waals surface area contributed by atoms with Crippen LogP contribution in [0.1, 0.15) is 6.92 Å². The van der Waals surface area contributed by atoms with Crippen molar-refractivity contribution in [2.75, 3.05) is 18.8 Å². The summed E-state index contributed by atoms with van der Waals surface area (Å²) < 4.78 is 40.8. The van der Waals surface area contributed by atoms with Gasteiger partial charge in [-0.1, -0.05) is 6.92 Å². The Bertz CT molecular complexity index is 601. The van der Waals surface area contributed by atoms with Crippen LogP contribution in [0.3, 0.4) is 0 Å². The number of sulfone groups is 1. The lowest BCUT2D eigenvalue weighted by Crippen LogP contribution is -2.09. The van der Waals surface area contributed by atoms with Crippen molar-refractivity contribution in [1.29, 1.82) is 0 Å². The molecule has 0 amide bonds. The number of nitrogens with zero attached hydrogens (tertiary/aromatic N) is 1. The first kappa shape index (κ1) is 15.8. The Morgan fingerprint density at radius 1 is 1.32 bits per heavy atom. The molecule has 0 bridgehead atoms. The van der Waals surface area contributed by atoms with Crippen molar-refractivity contribution in [2.24, 2.45) is 0 Å². The molecular formula is C10H14NO6PS. The van der Waals surface area contributed by atoms with Gasteiger partial charge in [0.25, 0.3) is 5.69 Å². The minimum Gasteiger partial charge on any atom is -0.331 e. The molecule has 0 heterocycles. The highest BCUT2D eigenvalue weighted by molar-refractivity contribution is 7.98. The van der Waals surface area contributed by atoms with E-state index in [-0.39, 0.29) is 16.7 Å². The molecule has 1 aromatic rings. The Morgan fingerprint density at radius 3 is 2.21 bits per heavy atom. The van der Waals surface area contributed by atoms with Crippen LogP contribution in [-0.2, 0) is 18.9 Å². The van der Waals surface area contributed by atoms with Crippen molar-refractivity contribution in [3.05, 3.63) is 34.4 Å². The van der Waals surface area contributed by atoms with Gasteiger partial charge in [0, 0.05) is 25.4 Å². The Morgan fingerprint density at radius 2 is 1.84 bits per heavy atom. The third-order valence-corrected chi connectivity index (χ3v) is 8.14. The monoisotopic (exact) mass is 307 g/mol. The molecule has 0 aliphatic heterocycles. The maximum Gasteiger partial charge on any atom is 0.269 e. The molecule has 1 atom stereocenters. The molecule has 0 aliphatic carbocycles. The Balaban J connectivity index is 3.07. The van der Waals surface area contributed by atoms with Crippen LogP contribution >= 0.6 is 7.37 Å². The van der Waals surface area contributed by atoms with E-state index in [1.54, 1.807) is 6.92 Å².